The topological polar surface area (TPSA) is 78.5 Å². The van der Waals surface area contributed by atoms with Crippen LogP contribution in [0.2, 0.25) is 0 Å². The van der Waals surface area contributed by atoms with E-state index in [1.165, 1.54) is 18.3 Å². The maximum absolute atomic E-state index is 13.6. The maximum Gasteiger partial charge on any atom is 0.411 e. The van der Waals surface area contributed by atoms with Crippen molar-refractivity contribution < 1.29 is 49.4 Å². The first kappa shape index (κ1) is 23.1. The van der Waals surface area contributed by atoms with Crippen molar-refractivity contribution in [2.45, 2.75) is 19.5 Å². The van der Waals surface area contributed by atoms with Crippen LogP contribution in [0, 0.1) is 23.3 Å². The highest BCUT2D eigenvalue weighted by molar-refractivity contribution is 6.02. The van der Waals surface area contributed by atoms with Gasteiger partial charge < -0.3 is 19.2 Å². The Kier molecular flexibility index (Phi) is 6.72. The standard InChI is InChI=1S/C18H12F7N3O4/c19-11-3-12(20)15(22)16(14(11)21)31-6-10-1-2-13(32-10)17(29)27-9-4-26-28(5-9)8-30-7-18(23,24)25/h1-5H,6-8H2,(H,27,29). The van der Waals surface area contributed by atoms with Gasteiger partial charge in [-0.05, 0) is 12.1 Å². The molecular weight excluding hydrogens is 455 g/mol. The largest absolute Gasteiger partial charge is 0.479 e. The molecule has 0 aliphatic carbocycles. The van der Waals surface area contributed by atoms with Crippen LogP contribution in [-0.4, -0.2) is 28.5 Å². The summed E-state index contributed by atoms with van der Waals surface area (Å²) in [6, 6.07) is 2.43. The molecule has 7 nitrogen and oxygen atoms in total. The van der Waals surface area contributed by atoms with E-state index in [1.54, 1.807) is 0 Å². The van der Waals surface area contributed by atoms with Crippen LogP contribution in [0.25, 0.3) is 0 Å². The molecule has 0 aliphatic rings. The summed E-state index contributed by atoms with van der Waals surface area (Å²) < 4.78 is 105. The lowest BCUT2D eigenvalue weighted by Gasteiger charge is -2.08. The number of benzene rings is 1. The summed E-state index contributed by atoms with van der Waals surface area (Å²) in [6.45, 7) is -2.63. The number of ether oxygens (including phenoxy) is 2. The average Bonchev–Trinajstić information content (AvgIpc) is 3.35. The summed E-state index contributed by atoms with van der Waals surface area (Å²) in [4.78, 5) is 12.2. The van der Waals surface area contributed by atoms with Gasteiger partial charge in [0.15, 0.2) is 23.1 Å². The Morgan fingerprint density at radius 3 is 2.47 bits per heavy atom. The molecule has 2 heterocycles. The first-order valence-corrected chi connectivity index (χ1v) is 8.56. The number of furan rings is 1. The van der Waals surface area contributed by atoms with E-state index in [0.29, 0.717) is 0 Å². The van der Waals surface area contributed by atoms with Crippen LogP contribution in [0.1, 0.15) is 16.3 Å². The number of nitrogens with zero attached hydrogens (tertiary/aromatic N) is 2. The van der Waals surface area contributed by atoms with Crippen molar-refractivity contribution in [2.24, 2.45) is 0 Å². The number of rotatable bonds is 8. The third kappa shape index (κ3) is 5.78. The molecule has 0 bridgehead atoms. The van der Waals surface area contributed by atoms with Gasteiger partial charge in [0, 0.05) is 6.07 Å². The molecule has 0 atom stereocenters. The quantitative estimate of drug-likeness (QED) is 0.393. The molecule has 172 valence electrons. The Balaban J connectivity index is 1.57. The second-order valence-corrected chi connectivity index (χ2v) is 6.17. The Bertz CT molecular complexity index is 1080. The van der Waals surface area contributed by atoms with E-state index >= 15 is 0 Å². The van der Waals surface area contributed by atoms with Gasteiger partial charge in [0.05, 0.1) is 18.1 Å². The maximum atomic E-state index is 13.6. The van der Waals surface area contributed by atoms with Crippen molar-refractivity contribution in [3.8, 4) is 5.75 Å². The molecule has 3 aromatic rings. The van der Waals surface area contributed by atoms with Crippen LogP contribution in [0.4, 0.5) is 36.4 Å². The zero-order valence-corrected chi connectivity index (χ0v) is 15.7. The van der Waals surface area contributed by atoms with E-state index in [2.05, 4.69) is 15.2 Å². The van der Waals surface area contributed by atoms with Gasteiger partial charge in [-0.3, -0.25) is 4.79 Å². The van der Waals surface area contributed by atoms with E-state index in [-0.39, 0.29) is 23.3 Å². The normalized spacial score (nSPS) is 11.6. The van der Waals surface area contributed by atoms with Crippen LogP contribution in [-0.2, 0) is 18.1 Å². The molecule has 1 amide bonds. The van der Waals surface area contributed by atoms with E-state index in [4.69, 9.17) is 9.15 Å². The van der Waals surface area contributed by atoms with E-state index in [0.717, 1.165) is 10.9 Å². The van der Waals surface area contributed by atoms with Crippen LogP contribution in [0.3, 0.4) is 0 Å². The highest BCUT2D eigenvalue weighted by Gasteiger charge is 2.27. The summed E-state index contributed by atoms with van der Waals surface area (Å²) in [5.74, 6) is -9.21. The first-order chi connectivity index (χ1) is 15.0. The lowest BCUT2D eigenvalue weighted by Crippen LogP contribution is -2.18. The highest BCUT2D eigenvalue weighted by Crippen LogP contribution is 2.27. The predicted molar refractivity (Wildman–Crippen MR) is 91.5 cm³/mol. The minimum atomic E-state index is -4.49. The number of anilines is 1. The Labute approximate surface area is 174 Å². The summed E-state index contributed by atoms with van der Waals surface area (Å²) in [5, 5.41) is 6.06. The van der Waals surface area contributed by atoms with Gasteiger partial charge in [-0.25, -0.2) is 13.5 Å². The van der Waals surface area contributed by atoms with Crippen molar-refractivity contribution >= 4 is 11.6 Å². The number of hydrogen-bond acceptors (Lipinski definition) is 5. The predicted octanol–water partition coefficient (Wildman–Crippen LogP) is 4.40. The van der Waals surface area contributed by atoms with Crippen LogP contribution >= 0.6 is 0 Å². The molecule has 1 aromatic carbocycles. The smallest absolute Gasteiger partial charge is 0.411 e. The molecule has 0 radical (unpaired) electrons. The minimum Gasteiger partial charge on any atom is -0.479 e. The lowest BCUT2D eigenvalue weighted by molar-refractivity contribution is -0.182. The Morgan fingerprint density at radius 1 is 1.12 bits per heavy atom. The molecule has 3 rings (SSSR count). The molecule has 0 spiro atoms. The number of nitrogens with one attached hydrogen (secondary N) is 1. The van der Waals surface area contributed by atoms with Gasteiger partial charge >= 0.3 is 6.18 Å². The molecule has 0 saturated carbocycles. The zero-order valence-electron chi connectivity index (χ0n) is 15.7. The summed E-state index contributed by atoms with van der Waals surface area (Å²) in [5.41, 5.74) is 0.110. The monoisotopic (exact) mass is 467 g/mol. The molecule has 32 heavy (non-hydrogen) atoms. The van der Waals surface area contributed by atoms with Crippen molar-refractivity contribution in [2.75, 3.05) is 11.9 Å². The second-order valence-electron chi connectivity index (χ2n) is 6.17. The number of halogens is 7. The van der Waals surface area contributed by atoms with Gasteiger partial charge in [-0.15, -0.1) is 0 Å². The van der Waals surface area contributed by atoms with Crippen molar-refractivity contribution in [3.05, 3.63) is 65.4 Å². The number of hydrogen-bond donors (Lipinski definition) is 1. The number of carbonyl (C=O) groups excluding carboxylic acids is 1. The van der Waals surface area contributed by atoms with Crippen molar-refractivity contribution in [1.29, 1.82) is 0 Å². The van der Waals surface area contributed by atoms with E-state index in [1.807, 2.05) is 0 Å². The second kappa shape index (κ2) is 9.30. The van der Waals surface area contributed by atoms with E-state index in [9.17, 15) is 35.5 Å². The van der Waals surface area contributed by atoms with Crippen molar-refractivity contribution in [3.63, 3.8) is 0 Å². The fourth-order valence-electron chi connectivity index (χ4n) is 2.35. The number of amides is 1. The molecule has 0 aliphatic heterocycles. The minimum absolute atomic E-state index is 0.0252. The number of alkyl halides is 3. The van der Waals surface area contributed by atoms with Crippen LogP contribution in [0.15, 0.2) is 35.0 Å². The number of aromatic nitrogens is 2. The van der Waals surface area contributed by atoms with Gasteiger partial charge in [0.1, 0.15) is 25.7 Å². The summed E-state index contributed by atoms with van der Waals surface area (Å²) >= 11 is 0. The average molecular weight is 467 g/mol. The van der Waals surface area contributed by atoms with Crippen LogP contribution < -0.4 is 10.1 Å². The number of carbonyl (C=O) groups is 1. The van der Waals surface area contributed by atoms with Gasteiger partial charge in [0.25, 0.3) is 5.91 Å². The Morgan fingerprint density at radius 2 is 1.81 bits per heavy atom. The zero-order chi connectivity index (χ0) is 23.5. The third-order valence-electron chi connectivity index (χ3n) is 3.70. The van der Waals surface area contributed by atoms with Gasteiger partial charge in [0.2, 0.25) is 11.6 Å². The molecule has 1 N–H and O–H groups in total. The fraction of sp³-hybridized carbons (Fsp3) is 0.222. The summed E-state index contributed by atoms with van der Waals surface area (Å²) in [7, 11) is 0. The van der Waals surface area contributed by atoms with Crippen molar-refractivity contribution in [1.82, 2.24) is 9.78 Å². The van der Waals surface area contributed by atoms with E-state index < -0.39 is 61.0 Å². The fourth-order valence-corrected chi connectivity index (χ4v) is 2.35. The van der Waals surface area contributed by atoms with Crippen LogP contribution in [0.5, 0.6) is 5.75 Å². The Hall–Kier alpha value is -3.55. The lowest BCUT2D eigenvalue weighted by atomic mass is 10.3. The summed E-state index contributed by atoms with van der Waals surface area (Å²) in [6.07, 6.45) is -2.15. The SMILES string of the molecule is O=C(Nc1cnn(COCC(F)(F)F)c1)c1ccc(COc2c(F)c(F)cc(F)c2F)o1. The molecule has 0 saturated heterocycles. The molecule has 0 unspecified atom stereocenters. The molecule has 0 fully saturated rings. The molecule has 2 aromatic heterocycles. The first-order valence-electron chi connectivity index (χ1n) is 8.56. The van der Waals surface area contributed by atoms with Gasteiger partial charge in [-0.1, -0.05) is 0 Å². The third-order valence-corrected chi connectivity index (χ3v) is 3.70. The van der Waals surface area contributed by atoms with Gasteiger partial charge in [-0.2, -0.15) is 27.1 Å². The highest BCUT2D eigenvalue weighted by atomic mass is 19.4. The molecule has 14 heteroatoms. The molecular formula is C18H12F7N3O4.